The lowest BCUT2D eigenvalue weighted by Crippen LogP contribution is -2.35. The van der Waals surface area contributed by atoms with Gasteiger partial charge in [0, 0.05) is 6.20 Å². The summed E-state index contributed by atoms with van der Waals surface area (Å²) in [5.41, 5.74) is 0. The van der Waals surface area contributed by atoms with Gasteiger partial charge in [0.1, 0.15) is 5.15 Å². The minimum absolute atomic E-state index is 0.199. The maximum atomic E-state index is 11.4. The highest BCUT2D eigenvalue weighted by Crippen LogP contribution is 2.05. The third-order valence-electron chi connectivity index (χ3n) is 1.68. The van der Waals surface area contributed by atoms with Crippen LogP contribution in [0.25, 0.3) is 0 Å². The second-order valence-corrected chi connectivity index (χ2v) is 3.09. The van der Waals surface area contributed by atoms with Gasteiger partial charge in [-0.15, -0.1) is 0 Å². The van der Waals surface area contributed by atoms with Crippen LogP contribution in [-0.4, -0.2) is 29.0 Å². The molecule has 1 aromatic heterocycles. The average molecular weight is 215 g/mol. The van der Waals surface area contributed by atoms with Gasteiger partial charge in [-0.3, -0.25) is 10.1 Å². The zero-order valence-corrected chi connectivity index (χ0v) is 8.67. The first-order valence-electron chi connectivity index (χ1n) is 4.10. The van der Waals surface area contributed by atoms with E-state index >= 15 is 0 Å². The number of amides is 1. The third kappa shape index (κ3) is 2.93. The molecule has 2 N–H and O–H groups in total. The highest BCUT2D eigenvalue weighted by atomic mass is 35.5. The van der Waals surface area contributed by atoms with Gasteiger partial charge >= 0.3 is 0 Å². The monoisotopic (exact) mass is 214 g/mol. The molecule has 1 heterocycles. The van der Waals surface area contributed by atoms with Gasteiger partial charge < -0.3 is 5.32 Å². The first kappa shape index (κ1) is 10.9. The second-order valence-electron chi connectivity index (χ2n) is 2.70. The maximum Gasteiger partial charge on any atom is 0.243 e. The molecular formula is C8H11ClN4O. The van der Waals surface area contributed by atoms with Crippen molar-refractivity contribution in [2.24, 2.45) is 0 Å². The maximum absolute atomic E-state index is 11.4. The number of carbonyl (C=O) groups is 1. The lowest BCUT2D eigenvalue weighted by molar-refractivity contribution is -0.117. The molecule has 6 heteroatoms. The van der Waals surface area contributed by atoms with E-state index in [9.17, 15) is 4.79 Å². The normalized spacial score (nSPS) is 12.2. The lowest BCUT2D eigenvalue weighted by atomic mass is 10.3. The van der Waals surface area contributed by atoms with Crippen molar-refractivity contribution < 1.29 is 4.79 Å². The van der Waals surface area contributed by atoms with E-state index < -0.39 is 0 Å². The number of rotatable bonds is 3. The van der Waals surface area contributed by atoms with Gasteiger partial charge in [0.05, 0.1) is 6.04 Å². The number of carbonyl (C=O) groups excluding carboxylic acids is 1. The first-order chi connectivity index (χ1) is 6.63. The zero-order chi connectivity index (χ0) is 10.6. The molecule has 0 saturated carbocycles. The van der Waals surface area contributed by atoms with Crippen LogP contribution in [0.5, 0.6) is 0 Å². The minimum Gasteiger partial charge on any atom is -0.309 e. The van der Waals surface area contributed by atoms with Gasteiger partial charge in [-0.2, -0.15) is 0 Å². The van der Waals surface area contributed by atoms with Crippen LogP contribution in [0, 0.1) is 0 Å². The predicted molar refractivity (Wildman–Crippen MR) is 54.2 cm³/mol. The van der Waals surface area contributed by atoms with Crippen LogP contribution < -0.4 is 10.6 Å². The van der Waals surface area contributed by atoms with Gasteiger partial charge in [-0.25, -0.2) is 9.97 Å². The largest absolute Gasteiger partial charge is 0.309 e. The van der Waals surface area contributed by atoms with Gasteiger partial charge in [0.25, 0.3) is 0 Å². The van der Waals surface area contributed by atoms with Crippen molar-refractivity contribution in [3.8, 4) is 0 Å². The summed E-state index contributed by atoms with van der Waals surface area (Å²) in [6.07, 6.45) is 1.48. The van der Waals surface area contributed by atoms with Crippen LogP contribution in [0.4, 0.5) is 5.95 Å². The predicted octanol–water partition coefficient (Wildman–Crippen LogP) is 0.676. The number of aromatic nitrogens is 2. The molecule has 5 nitrogen and oxygen atoms in total. The van der Waals surface area contributed by atoms with Crippen molar-refractivity contribution in [3.63, 3.8) is 0 Å². The Morgan fingerprint density at radius 1 is 1.64 bits per heavy atom. The van der Waals surface area contributed by atoms with Crippen LogP contribution >= 0.6 is 11.6 Å². The molecule has 1 aromatic rings. The number of halogens is 1. The van der Waals surface area contributed by atoms with Crippen molar-refractivity contribution in [2.45, 2.75) is 13.0 Å². The standard InChI is InChI=1S/C8H11ClN4O/c1-5(10-2)7(14)13-8-11-4-3-6(9)12-8/h3-5,10H,1-2H3,(H,11,12,13,14). The smallest absolute Gasteiger partial charge is 0.243 e. The SMILES string of the molecule is CNC(C)C(=O)Nc1nccc(Cl)n1. The van der Waals surface area contributed by atoms with E-state index in [2.05, 4.69) is 20.6 Å². The fourth-order valence-electron chi connectivity index (χ4n) is 0.746. The Hall–Kier alpha value is -1.20. The molecule has 0 aromatic carbocycles. The summed E-state index contributed by atoms with van der Waals surface area (Å²) in [6, 6.07) is 1.25. The Kier molecular flexibility index (Phi) is 3.79. The molecule has 0 saturated heterocycles. The minimum atomic E-state index is -0.294. The Morgan fingerprint density at radius 3 is 2.93 bits per heavy atom. The van der Waals surface area contributed by atoms with Crippen LogP contribution in [0.1, 0.15) is 6.92 Å². The van der Waals surface area contributed by atoms with Crippen molar-refractivity contribution >= 4 is 23.5 Å². The van der Waals surface area contributed by atoms with E-state index in [1.54, 1.807) is 20.0 Å². The van der Waals surface area contributed by atoms with Gasteiger partial charge in [-0.1, -0.05) is 11.6 Å². The second kappa shape index (κ2) is 4.88. The van der Waals surface area contributed by atoms with Gasteiger partial charge in [-0.05, 0) is 20.0 Å². The lowest BCUT2D eigenvalue weighted by Gasteiger charge is -2.09. The molecule has 0 aliphatic rings. The summed E-state index contributed by atoms with van der Waals surface area (Å²) in [5.74, 6) is 0.0133. The van der Waals surface area contributed by atoms with Crippen molar-refractivity contribution in [2.75, 3.05) is 12.4 Å². The summed E-state index contributed by atoms with van der Waals surface area (Å²) in [4.78, 5) is 19.0. The molecule has 0 radical (unpaired) electrons. The number of hydrogen-bond donors (Lipinski definition) is 2. The van der Waals surface area contributed by atoms with Gasteiger partial charge in [0.15, 0.2) is 0 Å². The Morgan fingerprint density at radius 2 is 2.36 bits per heavy atom. The molecule has 1 amide bonds. The molecule has 76 valence electrons. The van der Waals surface area contributed by atoms with E-state index in [0.717, 1.165) is 0 Å². The fraction of sp³-hybridized carbons (Fsp3) is 0.375. The molecular weight excluding hydrogens is 204 g/mol. The molecule has 1 rings (SSSR count). The summed E-state index contributed by atoms with van der Waals surface area (Å²) in [5, 5.41) is 5.62. The van der Waals surface area contributed by atoms with Crippen LogP contribution in [0.15, 0.2) is 12.3 Å². The van der Waals surface area contributed by atoms with E-state index in [4.69, 9.17) is 11.6 Å². The highest BCUT2D eigenvalue weighted by Gasteiger charge is 2.11. The molecule has 14 heavy (non-hydrogen) atoms. The summed E-state index contributed by atoms with van der Waals surface area (Å²) in [6.45, 7) is 1.74. The van der Waals surface area contributed by atoms with E-state index in [1.165, 1.54) is 6.20 Å². The topological polar surface area (TPSA) is 66.9 Å². The molecule has 1 unspecified atom stereocenters. The first-order valence-corrected chi connectivity index (χ1v) is 4.48. The van der Waals surface area contributed by atoms with Crippen LogP contribution in [0.2, 0.25) is 5.15 Å². The molecule has 0 bridgehead atoms. The van der Waals surface area contributed by atoms with E-state index in [0.29, 0.717) is 5.15 Å². The number of hydrogen-bond acceptors (Lipinski definition) is 4. The molecule has 1 atom stereocenters. The Labute approximate surface area is 86.9 Å². The number of anilines is 1. The summed E-state index contributed by atoms with van der Waals surface area (Å²) in [7, 11) is 1.70. The highest BCUT2D eigenvalue weighted by molar-refractivity contribution is 6.29. The van der Waals surface area contributed by atoms with E-state index in [1.807, 2.05) is 0 Å². The Bertz CT molecular complexity index is 331. The number of likely N-dealkylation sites (N-methyl/N-ethyl adjacent to an activating group) is 1. The number of nitrogens with one attached hydrogen (secondary N) is 2. The molecule has 0 fully saturated rings. The summed E-state index contributed by atoms with van der Waals surface area (Å²) >= 11 is 5.62. The third-order valence-corrected chi connectivity index (χ3v) is 1.89. The Balaban J connectivity index is 2.65. The fourth-order valence-corrected chi connectivity index (χ4v) is 0.883. The summed E-state index contributed by atoms with van der Waals surface area (Å²) < 4.78 is 0. The van der Waals surface area contributed by atoms with Crippen LogP contribution in [0.3, 0.4) is 0 Å². The quantitative estimate of drug-likeness (QED) is 0.727. The van der Waals surface area contributed by atoms with E-state index in [-0.39, 0.29) is 17.9 Å². The van der Waals surface area contributed by atoms with Crippen LogP contribution in [-0.2, 0) is 4.79 Å². The number of nitrogens with zero attached hydrogens (tertiary/aromatic N) is 2. The van der Waals surface area contributed by atoms with Crippen molar-refractivity contribution in [1.29, 1.82) is 0 Å². The zero-order valence-electron chi connectivity index (χ0n) is 7.91. The molecule has 0 aliphatic heterocycles. The van der Waals surface area contributed by atoms with Crippen molar-refractivity contribution in [1.82, 2.24) is 15.3 Å². The molecule has 0 spiro atoms. The van der Waals surface area contributed by atoms with Gasteiger partial charge in [0.2, 0.25) is 11.9 Å². The van der Waals surface area contributed by atoms with Crippen molar-refractivity contribution in [3.05, 3.63) is 17.4 Å². The average Bonchev–Trinajstić information content (AvgIpc) is 2.16. The molecule has 0 aliphatic carbocycles.